The molecule has 1 aliphatic rings. The van der Waals surface area contributed by atoms with Crippen LogP contribution in [-0.2, 0) is 11.3 Å². The molecule has 0 aromatic carbocycles. The number of hydrogen-bond donors (Lipinski definition) is 2. The topological polar surface area (TPSA) is 67.3 Å². The van der Waals surface area contributed by atoms with Gasteiger partial charge in [-0.3, -0.25) is 0 Å². The Bertz CT molecular complexity index is 431. The van der Waals surface area contributed by atoms with Gasteiger partial charge in [0.15, 0.2) is 5.82 Å². The van der Waals surface area contributed by atoms with Gasteiger partial charge in [0.05, 0.1) is 0 Å². The molecule has 0 saturated heterocycles. The van der Waals surface area contributed by atoms with E-state index in [1.54, 1.807) is 6.07 Å². The summed E-state index contributed by atoms with van der Waals surface area (Å²) in [5.41, 5.74) is 0. The Morgan fingerprint density at radius 3 is 2.95 bits per heavy atom. The van der Waals surface area contributed by atoms with Crippen LogP contribution in [0.2, 0.25) is 5.15 Å². The van der Waals surface area contributed by atoms with Crippen molar-refractivity contribution in [2.24, 2.45) is 5.92 Å². The molecule has 0 amide bonds. The van der Waals surface area contributed by atoms with Crippen LogP contribution in [0.3, 0.4) is 0 Å². The maximum atomic E-state index is 9.45. The van der Waals surface area contributed by atoms with Gasteiger partial charge in [-0.25, -0.2) is 9.97 Å². The smallest absolute Gasteiger partial charge is 0.158 e. The monoisotopic (exact) mass is 299 g/mol. The fourth-order valence-electron chi connectivity index (χ4n) is 2.60. The van der Waals surface area contributed by atoms with E-state index in [4.69, 9.17) is 16.3 Å². The van der Waals surface area contributed by atoms with E-state index in [1.807, 2.05) is 6.92 Å². The third-order valence-corrected chi connectivity index (χ3v) is 3.85. The second-order valence-corrected chi connectivity index (χ2v) is 5.49. The zero-order valence-electron chi connectivity index (χ0n) is 11.8. The summed E-state index contributed by atoms with van der Waals surface area (Å²) in [6, 6.07) is 1.97. The summed E-state index contributed by atoms with van der Waals surface area (Å²) in [7, 11) is 0. The molecule has 1 aromatic heterocycles. The first-order valence-corrected chi connectivity index (χ1v) is 7.59. The Balaban J connectivity index is 2.05. The second-order valence-electron chi connectivity index (χ2n) is 5.11. The van der Waals surface area contributed by atoms with Crippen LogP contribution in [0, 0.1) is 5.92 Å². The maximum Gasteiger partial charge on any atom is 0.158 e. The molecule has 1 aromatic rings. The Kier molecular flexibility index (Phi) is 6.01. The first-order chi connectivity index (χ1) is 9.72. The fourth-order valence-corrected chi connectivity index (χ4v) is 2.80. The molecular formula is C14H22ClN3O2. The largest absolute Gasteiger partial charge is 0.396 e. The van der Waals surface area contributed by atoms with E-state index in [2.05, 4.69) is 15.3 Å². The van der Waals surface area contributed by atoms with Crippen molar-refractivity contribution in [2.45, 2.75) is 45.3 Å². The van der Waals surface area contributed by atoms with Gasteiger partial charge < -0.3 is 15.2 Å². The molecule has 0 spiro atoms. The number of nitrogens with zero attached hydrogens (tertiary/aromatic N) is 2. The van der Waals surface area contributed by atoms with Crippen molar-refractivity contribution in [2.75, 3.05) is 18.5 Å². The first kappa shape index (κ1) is 15.5. The van der Waals surface area contributed by atoms with E-state index in [0.717, 1.165) is 12.8 Å². The molecule has 1 aliphatic carbocycles. The number of aromatic nitrogens is 2. The summed E-state index contributed by atoms with van der Waals surface area (Å²) < 4.78 is 5.31. The quantitative estimate of drug-likeness (QED) is 0.790. The van der Waals surface area contributed by atoms with Crippen LogP contribution < -0.4 is 5.32 Å². The van der Waals surface area contributed by atoms with Crippen LogP contribution in [0.25, 0.3) is 0 Å². The molecule has 5 nitrogen and oxygen atoms in total. The summed E-state index contributed by atoms with van der Waals surface area (Å²) in [4.78, 5) is 8.56. The molecule has 20 heavy (non-hydrogen) atoms. The molecule has 1 saturated carbocycles. The van der Waals surface area contributed by atoms with Gasteiger partial charge in [0.1, 0.15) is 17.6 Å². The Hall–Kier alpha value is -0.910. The molecule has 0 radical (unpaired) electrons. The van der Waals surface area contributed by atoms with Crippen LogP contribution >= 0.6 is 11.6 Å². The van der Waals surface area contributed by atoms with Crippen molar-refractivity contribution < 1.29 is 9.84 Å². The van der Waals surface area contributed by atoms with E-state index in [0.29, 0.717) is 30.0 Å². The lowest BCUT2D eigenvalue weighted by molar-refractivity contribution is 0.128. The first-order valence-electron chi connectivity index (χ1n) is 7.21. The predicted octanol–water partition coefficient (Wildman–Crippen LogP) is 2.63. The van der Waals surface area contributed by atoms with Gasteiger partial charge in [-0.05, 0) is 19.8 Å². The number of halogens is 1. The predicted molar refractivity (Wildman–Crippen MR) is 78.8 cm³/mol. The maximum absolute atomic E-state index is 9.45. The summed E-state index contributed by atoms with van der Waals surface area (Å²) in [5, 5.41) is 13.2. The van der Waals surface area contributed by atoms with Crippen molar-refractivity contribution in [3.05, 3.63) is 17.0 Å². The Morgan fingerprint density at radius 2 is 2.20 bits per heavy atom. The number of aliphatic hydroxyl groups is 1. The lowest BCUT2D eigenvalue weighted by Gasteiger charge is -2.31. The highest BCUT2D eigenvalue weighted by atomic mass is 35.5. The lowest BCUT2D eigenvalue weighted by atomic mass is 9.85. The number of aliphatic hydroxyl groups excluding tert-OH is 1. The van der Waals surface area contributed by atoms with Crippen molar-refractivity contribution in [3.8, 4) is 0 Å². The highest BCUT2D eigenvalue weighted by Crippen LogP contribution is 2.27. The molecule has 112 valence electrons. The number of ether oxygens (including phenoxy) is 1. The molecule has 1 heterocycles. The lowest BCUT2D eigenvalue weighted by Crippen LogP contribution is -2.34. The summed E-state index contributed by atoms with van der Waals surface area (Å²) in [6.45, 7) is 3.12. The fraction of sp³-hybridized carbons (Fsp3) is 0.714. The average Bonchev–Trinajstić information content (AvgIpc) is 2.45. The molecule has 0 aliphatic heterocycles. The third-order valence-electron chi connectivity index (χ3n) is 3.65. The minimum Gasteiger partial charge on any atom is -0.396 e. The minimum absolute atomic E-state index is 0.211. The van der Waals surface area contributed by atoms with Gasteiger partial charge in [-0.15, -0.1) is 0 Å². The van der Waals surface area contributed by atoms with E-state index >= 15 is 0 Å². The van der Waals surface area contributed by atoms with Crippen molar-refractivity contribution in [1.29, 1.82) is 0 Å². The van der Waals surface area contributed by atoms with E-state index in [9.17, 15) is 5.11 Å². The second kappa shape index (κ2) is 7.76. The van der Waals surface area contributed by atoms with Gasteiger partial charge in [-0.1, -0.05) is 24.4 Å². The molecular weight excluding hydrogens is 278 g/mol. The summed E-state index contributed by atoms with van der Waals surface area (Å²) in [5.74, 6) is 1.58. The normalized spacial score (nSPS) is 22.8. The van der Waals surface area contributed by atoms with Gasteiger partial charge in [-0.2, -0.15) is 0 Å². The molecule has 0 bridgehead atoms. The molecule has 2 rings (SSSR count). The zero-order valence-corrected chi connectivity index (χ0v) is 12.6. The molecule has 2 N–H and O–H groups in total. The zero-order chi connectivity index (χ0) is 14.4. The number of anilines is 1. The summed E-state index contributed by atoms with van der Waals surface area (Å²) >= 11 is 6.02. The van der Waals surface area contributed by atoms with Gasteiger partial charge in [0, 0.05) is 31.2 Å². The third kappa shape index (κ3) is 4.30. The van der Waals surface area contributed by atoms with Crippen LogP contribution in [0.5, 0.6) is 0 Å². The van der Waals surface area contributed by atoms with E-state index in [-0.39, 0.29) is 18.6 Å². The number of nitrogens with one attached hydrogen (secondary N) is 1. The minimum atomic E-state index is 0.211. The van der Waals surface area contributed by atoms with Crippen LogP contribution in [0.15, 0.2) is 6.07 Å². The molecule has 1 fully saturated rings. The van der Waals surface area contributed by atoms with Gasteiger partial charge in [0.25, 0.3) is 0 Å². The van der Waals surface area contributed by atoms with Crippen LogP contribution in [0.4, 0.5) is 5.82 Å². The van der Waals surface area contributed by atoms with E-state index in [1.165, 1.54) is 12.8 Å². The van der Waals surface area contributed by atoms with Gasteiger partial charge in [0.2, 0.25) is 0 Å². The summed E-state index contributed by atoms with van der Waals surface area (Å²) in [6.07, 6.45) is 4.47. The van der Waals surface area contributed by atoms with Crippen molar-refractivity contribution in [1.82, 2.24) is 9.97 Å². The van der Waals surface area contributed by atoms with E-state index < -0.39 is 0 Å². The van der Waals surface area contributed by atoms with Crippen LogP contribution in [-0.4, -0.2) is 34.3 Å². The van der Waals surface area contributed by atoms with Gasteiger partial charge >= 0.3 is 0 Å². The number of hydrogen-bond acceptors (Lipinski definition) is 5. The molecule has 6 heteroatoms. The van der Waals surface area contributed by atoms with Crippen molar-refractivity contribution in [3.63, 3.8) is 0 Å². The molecule has 2 atom stereocenters. The number of rotatable bonds is 6. The Morgan fingerprint density at radius 1 is 1.40 bits per heavy atom. The Labute approximate surface area is 124 Å². The SMILES string of the molecule is CCOCc1nc(Cl)cc(NC2CCCCC2CO)n1. The average molecular weight is 300 g/mol. The highest BCUT2D eigenvalue weighted by Gasteiger charge is 2.24. The standard InChI is InChI=1S/C14H22ClN3O2/c1-2-20-9-14-17-12(15)7-13(18-14)16-11-6-4-3-5-10(11)8-19/h7,10-11,19H,2-6,8-9H2,1H3,(H,16,17,18). The van der Waals surface area contributed by atoms with Crippen molar-refractivity contribution >= 4 is 17.4 Å². The molecule has 2 unspecified atom stereocenters. The van der Waals surface area contributed by atoms with Crippen LogP contribution in [0.1, 0.15) is 38.4 Å². The highest BCUT2D eigenvalue weighted by molar-refractivity contribution is 6.29.